The lowest BCUT2D eigenvalue weighted by Gasteiger charge is -2.11. The highest BCUT2D eigenvalue weighted by molar-refractivity contribution is 6.66. The molecule has 0 atom stereocenters. The van der Waals surface area contributed by atoms with Crippen molar-refractivity contribution in [2.24, 2.45) is 0 Å². The number of halogens is 2. The quantitative estimate of drug-likeness (QED) is 0.0633. The van der Waals surface area contributed by atoms with Gasteiger partial charge in [-0.25, -0.2) is 4.98 Å². The number of rotatable bonds is 10. The first kappa shape index (κ1) is 72.2. The third kappa shape index (κ3) is 27.0. The Morgan fingerprint density at radius 3 is 1.31 bits per heavy atom. The van der Waals surface area contributed by atoms with Crippen molar-refractivity contribution in [1.82, 2.24) is 4.98 Å². The molecule has 10 rings (SSSR count). The van der Waals surface area contributed by atoms with E-state index in [2.05, 4.69) is 4.98 Å². The van der Waals surface area contributed by atoms with Crippen molar-refractivity contribution in [1.29, 1.82) is 0 Å². The highest BCUT2D eigenvalue weighted by Gasteiger charge is 2.11. The molecule has 1 aliphatic rings. The van der Waals surface area contributed by atoms with Crippen molar-refractivity contribution in [3.63, 3.8) is 0 Å². The number of allylic oxidation sites excluding steroid dienone is 4. The van der Waals surface area contributed by atoms with E-state index in [9.17, 15) is 19.2 Å². The summed E-state index contributed by atoms with van der Waals surface area (Å²) in [5, 5.41) is 1.24. The molecule has 1 aromatic heterocycles. The van der Waals surface area contributed by atoms with Crippen molar-refractivity contribution in [2.75, 3.05) is 5.73 Å². The normalized spacial score (nSPS) is 10.5. The smallest absolute Gasteiger partial charge is 0.245 e. The van der Waals surface area contributed by atoms with Gasteiger partial charge in [-0.15, -0.1) is 0 Å². The molecule has 0 spiro atoms. The average molecular weight is 1150 g/mol. The Labute approximate surface area is 505 Å². The van der Waals surface area contributed by atoms with Gasteiger partial charge in [-0.05, 0) is 155 Å². The predicted octanol–water partition coefficient (Wildman–Crippen LogP) is 19.6. The molecule has 0 amide bonds. The molecule has 0 unspecified atom stereocenters. The fraction of sp³-hybridized carbons (Fsp3) is 0.160. The van der Waals surface area contributed by atoms with Crippen LogP contribution in [-0.4, -0.2) is 27.6 Å². The number of ketones is 3. The van der Waals surface area contributed by atoms with Gasteiger partial charge >= 0.3 is 0 Å². The first-order valence-corrected chi connectivity index (χ1v) is 26.6. The number of aromatic nitrogens is 1. The van der Waals surface area contributed by atoms with E-state index in [-0.39, 0.29) is 47.1 Å². The molecule has 0 aliphatic heterocycles. The number of hydrogen-bond donors (Lipinski definition) is 1. The number of anilines is 1. The van der Waals surface area contributed by atoms with E-state index in [1.165, 1.54) is 33.9 Å². The van der Waals surface area contributed by atoms with Crippen molar-refractivity contribution in [2.45, 2.75) is 83.6 Å². The number of nitrogen functional groups attached to an aromatic ring is 1. The van der Waals surface area contributed by atoms with E-state index in [4.69, 9.17) is 28.9 Å². The van der Waals surface area contributed by atoms with Crippen LogP contribution in [0.4, 0.5) is 5.69 Å². The van der Waals surface area contributed by atoms with E-state index in [1.807, 2.05) is 265 Å². The van der Waals surface area contributed by atoms with Crippen LogP contribution in [-0.2, 0) is 38.4 Å². The van der Waals surface area contributed by atoms with Crippen LogP contribution in [0.15, 0.2) is 237 Å². The third-order valence-electron chi connectivity index (χ3n) is 12.3. The fourth-order valence-electron chi connectivity index (χ4n) is 7.74. The summed E-state index contributed by atoms with van der Waals surface area (Å²) in [6.07, 6.45) is 15.1. The van der Waals surface area contributed by atoms with Gasteiger partial charge in [-0.3, -0.25) is 19.2 Å². The number of carbonyl (C=O) groups excluding carboxylic acids is 4. The van der Waals surface area contributed by atoms with Crippen LogP contribution in [0.2, 0.25) is 5.15 Å². The number of benzene rings is 8. The molecule has 0 radical (unpaired) electrons. The molecule has 6 nitrogen and oxygen atoms in total. The van der Waals surface area contributed by atoms with E-state index >= 15 is 0 Å². The fourth-order valence-corrected chi connectivity index (χ4v) is 7.95. The number of aryl methyl sites for hydroxylation is 5. The molecule has 8 heteroatoms. The number of nitrogens with zero attached hydrogens (tertiary/aromatic N) is 1. The number of pyridine rings is 1. The standard InChI is InChI=1S/2C17H16O.C11H10O.C10H8ClN.C9H7ClO.C7H9N.4CH4/c2*1-14-7-5-6-10-16(14)13-17(18)12-11-15-8-3-2-4-9-15;1-8-3-2-4-9-5-6-10(12)7-11(8)9;1-7-3-2-4-8-5-6-9(11)12-10(7)8;10-9(11)7-6-8-4-2-1-3-5-8;1-6-4-2-3-5-7(6)8;;;;/h2*2-12H,13H2,1H3;2-6H,7H2,1H3;2-6H,1H3;1-7H;2-5H,8H2,1H3;4*1H4/b2*12-11+;;;7-6+;;;;;. The Morgan fingerprint density at radius 1 is 0.458 bits per heavy atom. The monoisotopic (exact) mass is 1140 g/mol. The molecule has 1 aliphatic carbocycles. The molecule has 9 aromatic rings. The Bertz CT molecular complexity index is 3400. The van der Waals surface area contributed by atoms with E-state index in [1.54, 1.807) is 24.3 Å². The van der Waals surface area contributed by atoms with E-state index < -0.39 is 5.24 Å². The van der Waals surface area contributed by atoms with Gasteiger partial charge in [-0.2, -0.15) is 0 Å². The molecule has 1 heterocycles. The van der Waals surface area contributed by atoms with Crippen molar-refractivity contribution in [3.8, 4) is 0 Å². The molecule has 0 saturated heterocycles. The molecule has 0 fully saturated rings. The Balaban J connectivity index is 0.000000502. The average Bonchev–Trinajstić information content (AvgIpc) is 3.54. The van der Waals surface area contributed by atoms with Crippen molar-refractivity contribution < 1.29 is 19.2 Å². The maximum atomic E-state index is 11.9. The highest BCUT2D eigenvalue weighted by Crippen LogP contribution is 2.21. The number of carbonyl (C=O) groups is 4. The summed E-state index contributed by atoms with van der Waals surface area (Å²) in [4.78, 5) is 49.3. The summed E-state index contributed by atoms with van der Waals surface area (Å²) in [5.74, 6) is 0.470. The third-order valence-corrected chi connectivity index (χ3v) is 12.6. The Morgan fingerprint density at radius 2 is 0.867 bits per heavy atom. The minimum Gasteiger partial charge on any atom is -0.399 e. The number of fused-ring (bicyclic) bond motifs is 2. The lowest BCUT2D eigenvalue weighted by molar-refractivity contribution is -0.114. The van der Waals surface area contributed by atoms with Crippen molar-refractivity contribution in [3.05, 3.63) is 309 Å². The van der Waals surface area contributed by atoms with Crippen LogP contribution in [0.5, 0.6) is 0 Å². The topological polar surface area (TPSA) is 107 Å². The molecule has 0 saturated carbocycles. The van der Waals surface area contributed by atoms with Crippen LogP contribution in [0, 0.1) is 34.6 Å². The molecular formula is C75H82Cl2N2O4. The van der Waals surface area contributed by atoms with Gasteiger partial charge in [0.1, 0.15) is 5.15 Å². The summed E-state index contributed by atoms with van der Waals surface area (Å²) in [5.41, 5.74) is 20.9. The van der Waals surface area contributed by atoms with Crippen LogP contribution >= 0.6 is 23.2 Å². The van der Waals surface area contributed by atoms with Gasteiger partial charge < -0.3 is 5.73 Å². The van der Waals surface area contributed by atoms with Crippen molar-refractivity contribution >= 4 is 86.7 Å². The molecule has 83 heavy (non-hydrogen) atoms. The lowest BCUT2D eigenvalue weighted by atomic mass is 9.93. The SMILES string of the molecule is C.C.C.C.Cc1cccc2c1CC(=O)C=C2.Cc1cccc2ccc(Cl)nc12.Cc1ccccc1CC(=O)/C=C/c1ccccc1.Cc1ccccc1CC(=O)/C=C/c1ccccc1.Cc1ccccc1N.O=C(Cl)/C=C/c1ccccc1. The maximum Gasteiger partial charge on any atom is 0.245 e. The Hall–Kier alpha value is -8.81. The number of nitrogens with two attached hydrogens (primary N) is 1. The van der Waals surface area contributed by atoms with E-state index in [0.29, 0.717) is 24.4 Å². The van der Waals surface area contributed by atoms with Gasteiger partial charge in [0.05, 0.1) is 5.52 Å². The summed E-state index contributed by atoms with van der Waals surface area (Å²) in [7, 11) is 0. The summed E-state index contributed by atoms with van der Waals surface area (Å²) < 4.78 is 0. The maximum absolute atomic E-state index is 11.9. The first-order chi connectivity index (χ1) is 38.1. The summed E-state index contributed by atoms with van der Waals surface area (Å²) >= 11 is 10.9. The zero-order valence-corrected chi connectivity index (χ0v) is 46.9. The van der Waals surface area contributed by atoms with Gasteiger partial charge in [0.2, 0.25) is 5.24 Å². The lowest BCUT2D eigenvalue weighted by Crippen LogP contribution is -2.06. The van der Waals surface area contributed by atoms with E-state index in [0.717, 1.165) is 55.5 Å². The van der Waals surface area contributed by atoms with Crippen LogP contribution in [0.25, 0.3) is 35.2 Å². The Kier molecular flexibility index (Phi) is 34.4. The largest absolute Gasteiger partial charge is 0.399 e. The molecule has 430 valence electrons. The van der Waals surface area contributed by atoms with Gasteiger partial charge in [0.15, 0.2) is 17.3 Å². The minimum atomic E-state index is -0.450. The minimum absolute atomic E-state index is 0. The zero-order valence-electron chi connectivity index (χ0n) is 45.4. The van der Waals surface area contributed by atoms with Gasteiger partial charge in [0.25, 0.3) is 0 Å². The van der Waals surface area contributed by atoms with Crippen LogP contribution < -0.4 is 5.73 Å². The molecule has 2 N–H and O–H groups in total. The molecule has 8 aromatic carbocycles. The second-order valence-electron chi connectivity index (χ2n) is 18.4. The summed E-state index contributed by atoms with van der Waals surface area (Å²) in [6, 6.07) is 69.0. The number of hydrogen-bond acceptors (Lipinski definition) is 6. The highest BCUT2D eigenvalue weighted by atomic mass is 35.5. The molecular weight excluding hydrogens is 1060 g/mol. The second-order valence-corrected chi connectivity index (χ2v) is 19.2. The summed E-state index contributed by atoms with van der Waals surface area (Å²) in [6.45, 7) is 10.1. The van der Waals surface area contributed by atoms with Gasteiger partial charge in [-0.1, -0.05) is 260 Å². The molecule has 0 bridgehead atoms. The second kappa shape index (κ2) is 39.6. The first-order valence-electron chi connectivity index (χ1n) is 25.8. The van der Waals surface area contributed by atoms with Crippen LogP contribution in [0.3, 0.4) is 0 Å². The van der Waals surface area contributed by atoms with Crippen LogP contribution in [0.1, 0.15) is 96.5 Å². The zero-order chi connectivity index (χ0) is 56.8. The van der Waals surface area contributed by atoms with Gasteiger partial charge in [0, 0.05) is 30.3 Å². The predicted molar refractivity (Wildman–Crippen MR) is 360 cm³/mol. The number of para-hydroxylation sites is 2.